The third-order valence-electron chi connectivity index (χ3n) is 4.19. The largest absolute Gasteiger partial charge is 0.497 e. The van der Waals surface area contributed by atoms with Gasteiger partial charge in [-0.15, -0.1) is 0 Å². The van der Waals surface area contributed by atoms with E-state index in [1.807, 2.05) is 38.1 Å². The minimum Gasteiger partial charge on any atom is -0.497 e. The first-order chi connectivity index (χ1) is 12.0. The van der Waals surface area contributed by atoms with Crippen molar-refractivity contribution in [3.05, 3.63) is 35.5 Å². The molecular weight excluding hydrogens is 320 g/mol. The number of methoxy groups -OCH3 is 2. The van der Waals surface area contributed by atoms with Gasteiger partial charge < -0.3 is 24.5 Å². The number of rotatable bonds is 9. The molecule has 6 nitrogen and oxygen atoms in total. The van der Waals surface area contributed by atoms with Gasteiger partial charge in [-0.25, -0.2) is 0 Å². The predicted molar refractivity (Wildman–Crippen MR) is 97.3 cm³/mol. The quantitative estimate of drug-likeness (QED) is 0.708. The lowest BCUT2D eigenvalue weighted by molar-refractivity contribution is 0.0999. The van der Waals surface area contributed by atoms with Crippen LogP contribution in [0.4, 0.5) is 0 Å². The van der Waals surface area contributed by atoms with E-state index >= 15 is 0 Å². The maximum atomic E-state index is 11.8. The maximum Gasteiger partial charge on any atom is 0.250 e. The molecule has 2 rings (SSSR count). The van der Waals surface area contributed by atoms with Crippen molar-refractivity contribution < 1.29 is 19.0 Å². The number of aromatic nitrogens is 1. The van der Waals surface area contributed by atoms with Gasteiger partial charge in [-0.05, 0) is 44.5 Å². The van der Waals surface area contributed by atoms with E-state index in [1.165, 1.54) is 0 Å². The fraction of sp³-hybridized carbons (Fsp3) is 0.421. The summed E-state index contributed by atoms with van der Waals surface area (Å²) in [5, 5.41) is 0. The van der Waals surface area contributed by atoms with E-state index in [9.17, 15) is 4.79 Å². The van der Waals surface area contributed by atoms with Crippen molar-refractivity contribution in [3.8, 4) is 22.8 Å². The third kappa shape index (κ3) is 4.14. The van der Waals surface area contributed by atoms with Crippen molar-refractivity contribution in [3.63, 3.8) is 0 Å². The molecule has 136 valence electrons. The molecule has 1 aromatic carbocycles. The number of carbonyl (C=O) groups is 1. The van der Waals surface area contributed by atoms with Gasteiger partial charge in [0.25, 0.3) is 5.91 Å². The molecule has 0 spiro atoms. The summed E-state index contributed by atoms with van der Waals surface area (Å²) in [6.07, 6.45) is 0.834. The molecule has 25 heavy (non-hydrogen) atoms. The van der Waals surface area contributed by atoms with Crippen LogP contribution in [0.3, 0.4) is 0 Å². The van der Waals surface area contributed by atoms with Gasteiger partial charge in [-0.1, -0.05) is 0 Å². The van der Waals surface area contributed by atoms with Crippen molar-refractivity contribution in [1.29, 1.82) is 0 Å². The normalized spacial score (nSPS) is 10.7. The summed E-state index contributed by atoms with van der Waals surface area (Å²) in [6, 6.07) is 7.41. The number of benzene rings is 1. The molecule has 0 aliphatic heterocycles. The van der Waals surface area contributed by atoms with E-state index in [0.29, 0.717) is 24.5 Å². The topological polar surface area (TPSA) is 75.7 Å². The number of nitrogens with zero attached hydrogens (tertiary/aromatic N) is 1. The van der Waals surface area contributed by atoms with Crippen LogP contribution in [0.15, 0.2) is 24.3 Å². The highest BCUT2D eigenvalue weighted by Gasteiger charge is 2.19. The molecule has 1 aromatic heterocycles. The van der Waals surface area contributed by atoms with E-state index in [1.54, 1.807) is 14.2 Å². The summed E-state index contributed by atoms with van der Waals surface area (Å²) in [5.41, 5.74) is 8.62. The molecule has 2 aromatic rings. The number of ether oxygens (including phenoxy) is 3. The molecule has 0 bridgehead atoms. The molecule has 0 saturated heterocycles. The van der Waals surface area contributed by atoms with Gasteiger partial charge in [0.05, 0.1) is 25.5 Å². The highest BCUT2D eigenvalue weighted by molar-refractivity contribution is 5.96. The second-order valence-corrected chi connectivity index (χ2v) is 5.66. The molecular formula is C19H26N2O4. The molecule has 0 unspecified atom stereocenters. The summed E-state index contributed by atoms with van der Waals surface area (Å²) in [5.74, 6) is 0.987. The van der Waals surface area contributed by atoms with Crippen LogP contribution >= 0.6 is 0 Å². The minimum absolute atomic E-state index is 0.441. The molecule has 0 saturated carbocycles. The lowest BCUT2D eigenvalue weighted by atomic mass is 10.1. The van der Waals surface area contributed by atoms with Gasteiger partial charge in [0.2, 0.25) is 0 Å². The number of amides is 1. The Balaban J connectivity index is 2.52. The van der Waals surface area contributed by atoms with Gasteiger partial charge in [-0.3, -0.25) is 4.79 Å². The number of carbonyl (C=O) groups excluding carboxylic acids is 1. The Hall–Kier alpha value is -2.47. The van der Waals surface area contributed by atoms with Gasteiger partial charge in [0.15, 0.2) is 0 Å². The lowest BCUT2D eigenvalue weighted by Crippen LogP contribution is -2.13. The Morgan fingerprint density at radius 3 is 2.56 bits per heavy atom. The van der Waals surface area contributed by atoms with Crippen molar-refractivity contribution in [2.24, 2.45) is 5.73 Å². The number of hydrogen-bond donors (Lipinski definition) is 1. The number of hydrogen-bond acceptors (Lipinski definition) is 4. The fourth-order valence-electron chi connectivity index (χ4n) is 2.89. The summed E-state index contributed by atoms with van der Waals surface area (Å²) in [7, 11) is 3.24. The Morgan fingerprint density at radius 2 is 1.96 bits per heavy atom. The molecule has 0 radical (unpaired) electrons. The highest BCUT2D eigenvalue weighted by Crippen LogP contribution is 2.36. The van der Waals surface area contributed by atoms with Crippen LogP contribution in [-0.2, 0) is 11.3 Å². The zero-order valence-electron chi connectivity index (χ0n) is 15.3. The van der Waals surface area contributed by atoms with Crippen LogP contribution in [0, 0.1) is 6.92 Å². The molecule has 1 heterocycles. The van der Waals surface area contributed by atoms with Gasteiger partial charge in [0.1, 0.15) is 11.5 Å². The van der Waals surface area contributed by atoms with Gasteiger partial charge >= 0.3 is 0 Å². The molecule has 2 N–H and O–H groups in total. The van der Waals surface area contributed by atoms with Crippen molar-refractivity contribution in [1.82, 2.24) is 4.57 Å². The van der Waals surface area contributed by atoms with Crippen molar-refractivity contribution >= 4 is 5.91 Å². The number of primary amides is 1. The molecule has 0 fully saturated rings. The zero-order valence-corrected chi connectivity index (χ0v) is 15.3. The smallest absolute Gasteiger partial charge is 0.250 e. The first-order valence-corrected chi connectivity index (χ1v) is 8.33. The zero-order chi connectivity index (χ0) is 18.4. The average Bonchev–Trinajstić information content (AvgIpc) is 2.95. The van der Waals surface area contributed by atoms with E-state index in [2.05, 4.69) is 4.57 Å². The van der Waals surface area contributed by atoms with Crippen LogP contribution in [0.1, 0.15) is 29.4 Å². The van der Waals surface area contributed by atoms with Gasteiger partial charge in [0, 0.05) is 31.0 Å². The summed E-state index contributed by atoms with van der Waals surface area (Å²) >= 11 is 0. The van der Waals surface area contributed by atoms with Crippen LogP contribution in [0.2, 0.25) is 0 Å². The van der Waals surface area contributed by atoms with Crippen LogP contribution in [-0.4, -0.2) is 37.9 Å². The van der Waals surface area contributed by atoms with E-state index in [0.717, 1.165) is 35.7 Å². The van der Waals surface area contributed by atoms with E-state index in [4.69, 9.17) is 19.9 Å². The van der Waals surface area contributed by atoms with E-state index < -0.39 is 5.91 Å². The van der Waals surface area contributed by atoms with Crippen molar-refractivity contribution in [2.75, 3.05) is 27.4 Å². The standard InChI is InChI=1S/C19H26N2O4/c1-5-25-10-6-9-21-13(2)15(19(20)22)12-17(21)16-11-14(23-3)7-8-18(16)24-4/h7-8,11-12H,5-6,9-10H2,1-4H3,(H2,20,22). The third-order valence-corrected chi connectivity index (χ3v) is 4.19. The minimum atomic E-state index is -0.441. The average molecular weight is 346 g/mol. The molecule has 6 heteroatoms. The van der Waals surface area contributed by atoms with Crippen LogP contribution in [0.25, 0.3) is 11.3 Å². The van der Waals surface area contributed by atoms with Gasteiger partial charge in [-0.2, -0.15) is 0 Å². The second kappa shape index (κ2) is 8.58. The maximum absolute atomic E-state index is 11.8. The van der Waals surface area contributed by atoms with Crippen LogP contribution < -0.4 is 15.2 Å². The molecule has 0 aliphatic rings. The Labute approximate surface area is 148 Å². The van der Waals surface area contributed by atoms with Crippen LogP contribution in [0.5, 0.6) is 11.5 Å². The molecule has 0 aliphatic carbocycles. The SMILES string of the molecule is CCOCCCn1c(-c2cc(OC)ccc2OC)cc(C(N)=O)c1C. The van der Waals surface area contributed by atoms with E-state index in [-0.39, 0.29) is 0 Å². The molecule has 0 atom stereocenters. The summed E-state index contributed by atoms with van der Waals surface area (Å²) < 4.78 is 18.3. The lowest BCUT2D eigenvalue weighted by Gasteiger charge is -2.15. The Kier molecular flexibility index (Phi) is 6.47. The first kappa shape index (κ1) is 18.9. The number of nitrogens with two attached hydrogens (primary N) is 1. The Bertz CT molecular complexity index is 737. The first-order valence-electron chi connectivity index (χ1n) is 8.33. The predicted octanol–water partition coefficient (Wildman–Crippen LogP) is 3.01. The summed E-state index contributed by atoms with van der Waals surface area (Å²) in [4.78, 5) is 11.8. The second-order valence-electron chi connectivity index (χ2n) is 5.66. The molecule has 1 amide bonds. The van der Waals surface area contributed by atoms with Crippen molar-refractivity contribution in [2.45, 2.75) is 26.8 Å². The Morgan fingerprint density at radius 1 is 1.20 bits per heavy atom. The highest BCUT2D eigenvalue weighted by atomic mass is 16.5. The monoisotopic (exact) mass is 346 g/mol. The fourth-order valence-corrected chi connectivity index (χ4v) is 2.89. The summed E-state index contributed by atoms with van der Waals surface area (Å²) in [6.45, 7) is 5.94.